The Hall–Kier alpha value is -3.47. The van der Waals surface area contributed by atoms with E-state index >= 15 is 0 Å². The van der Waals surface area contributed by atoms with Crippen molar-refractivity contribution in [3.63, 3.8) is 0 Å². The van der Waals surface area contributed by atoms with E-state index in [-0.39, 0.29) is 11.5 Å². The van der Waals surface area contributed by atoms with Gasteiger partial charge in [-0.2, -0.15) is 0 Å². The Morgan fingerprint density at radius 3 is 2.44 bits per heavy atom. The molecule has 5 nitrogen and oxygen atoms in total. The van der Waals surface area contributed by atoms with Gasteiger partial charge in [-0.05, 0) is 48.0 Å². The number of benzene rings is 2. The highest BCUT2D eigenvalue weighted by Crippen LogP contribution is 2.17. The minimum atomic E-state index is -0.950. The molecular formula is C20H16N2O3. The summed E-state index contributed by atoms with van der Waals surface area (Å²) in [6.45, 7) is 1.47. The van der Waals surface area contributed by atoms with Crippen LogP contribution in [0.3, 0.4) is 0 Å². The summed E-state index contributed by atoms with van der Waals surface area (Å²) < 4.78 is 0. The molecule has 0 aliphatic carbocycles. The molecule has 0 aliphatic heterocycles. The topological polar surface area (TPSA) is 79.3 Å². The van der Waals surface area contributed by atoms with Crippen LogP contribution in [0.2, 0.25) is 0 Å². The number of nitrogens with zero attached hydrogens (tertiary/aromatic N) is 1. The van der Waals surface area contributed by atoms with Crippen LogP contribution in [-0.2, 0) is 4.79 Å². The van der Waals surface area contributed by atoms with Crippen molar-refractivity contribution < 1.29 is 14.7 Å². The van der Waals surface area contributed by atoms with Gasteiger partial charge < -0.3 is 10.4 Å². The van der Waals surface area contributed by atoms with Gasteiger partial charge in [0.2, 0.25) is 5.91 Å². The van der Waals surface area contributed by atoms with E-state index in [4.69, 9.17) is 5.11 Å². The van der Waals surface area contributed by atoms with E-state index in [1.165, 1.54) is 6.92 Å². The Morgan fingerprint density at radius 2 is 1.76 bits per heavy atom. The van der Waals surface area contributed by atoms with Crippen LogP contribution >= 0.6 is 0 Å². The molecule has 1 amide bonds. The molecular weight excluding hydrogens is 316 g/mol. The van der Waals surface area contributed by atoms with Gasteiger partial charge in [-0.1, -0.05) is 24.3 Å². The Labute approximate surface area is 144 Å². The van der Waals surface area contributed by atoms with E-state index in [1.54, 1.807) is 18.2 Å². The number of carboxylic acids is 1. The van der Waals surface area contributed by atoms with Crippen LogP contribution in [0.15, 0.2) is 54.6 Å². The van der Waals surface area contributed by atoms with Crippen molar-refractivity contribution in [1.29, 1.82) is 0 Å². The fourth-order valence-corrected chi connectivity index (χ4v) is 2.43. The van der Waals surface area contributed by atoms with Gasteiger partial charge in [0.1, 0.15) is 0 Å². The largest absolute Gasteiger partial charge is 0.478 e. The number of anilines is 1. The highest BCUT2D eigenvalue weighted by Gasteiger charge is 2.04. The average Bonchev–Trinajstić information content (AvgIpc) is 2.60. The number of hydrogen-bond acceptors (Lipinski definition) is 3. The maximum Gasteiger partial charge on any atom is 0.335 e. The van der Waals surface area contributed by atoms with Gasteiger partial charge in [-0.3, -0.25) is 4.79 Å². The van der Waals surface area contributed by atoms with Crippen molar-refractivity contribution in [3.05, 3.63) is 71.4 Å². The van der Waals surface area contributed by atoms with Crippen LogP contribution in [0.1, 0.15) is 28.5 Å². The van der Waals surface area contributed by atoms with Crippen molar-refractivity contribution in [2.24, 2.45) is 0 Å². The van der Waals surface area contributed by atoms with Gasteiger partial charge in [0.15, 0.2) is 0 Å². The zero-order valence-corrected chi connectivity index (χ0v) is 13.6. The third-order valence-electron chi connectivity index (χ3n) is 3.64. The third-order valence-corrected chi connectivity index (χ3v) is 3.64. The smallest absolute Gasteiger partial charge is 0.335 e. The Kier molecular flexibility index (Phi) is 4.57. The molecule has 3 rings (SSSR count). The van der Waals surface area contributed by atoms with Crippen LogP contribution < -0.4 is 5.32 Å². The minimum Gasteiger partial charge on any atom is -0.478 e. The second kappa shape index (κ2) is 6.97. The summed E-state index contributed by atoms with van der Waals surface area (Å²) in [4.78, 5) is 26.5. The third kappa shape index (κ3) is 4.09. The summed E-state index contributed by atoms with van der Waals surface area (Å²) >= 11 is 0. The molecule has 0 aliphatic rings. The molecule has 0 saturated heterocycles. The highest BCUT2D eigenvalue weighted by molar-refractivity contribution is 5.93. The lowest BCUT2D eigenvalue weighted by Gasteiger charge is -2.02. The molecule has 0 saturated carbocycles. The summed E-state index contributed by atoms with van der Waals surface area (Å²) in [5, 5.41) is 12.5. The fourth-order valence-electron chi connectivity index (χ4n) is 2.43. The molecule has 25 heavy (non-hydrogen) atoms. The minimum absolute atomic E-state index is 0.102. The maximum atomic E-state index is 11.0. The lowest BCUT2D eigenvalue weighted by atomic mass is 10.1. The maximum absolute atomic E-state index is 11.0. The fraction of sp³-hybridized carbons (Fsp3) is 0.0500. The van der Waals surface area contributed by atoms with E-state index in [0.29, 0.717) is 0 Å². The normalized spacial score (nSPS) is 10.9. The number of aromatic nitrogens is 1. The van der Waals surface area contributed by atoms with E-state index in [0.717, 1.165) is 27.8 Å². The van der Waals surface area contributed by atoms with Crippen LogP contribution in [0.4, 0.5) is 5.69 Å². The Bertz CT molecular complexity index is 976. The summed E-state index contributed by atoms with van der Waals surface area (Å²) in [7, 11) is 0. The lowest BCUT2D eigenvalue weighted by Crippen LogP contribution is -2.05. The molecule has 2 N–H and O–H groups in total. The van der Waals surface area contributed by atoms with Gasteiger partial charge in [-0.25, -0.2) is 9.78 Å². The van der Waals surface area contributed by atoms with Crippen molar-refractivity contribution >= 4 is 40.6 Å². The Morgan fingerprint density at radius 1 is 1.00 bits per heavy atom. The number of fused-ring (bicyclic) bond motifs is 1. The first-order valence-corrected chi connectivity index (χ1v) is 7.71. The molecule has 0 unspecified atom stereocenters. The number of nitrogens with one attached hydrogen (secondary N) is 1. The molecule has 5 heteroatoms. The van der Waals surface area contributed by atoms with Gasteiger partial charge in [0, 0.05) is 18.0 Å². The van der Waals surface area contributed by atoms with E-state index in [1.807, 2.05) is 48.6 Å². The van der Waals surface area contributed by atoms with Gasteiger partial charge in [0.25, 0.3) is 0 Å². The first kappa shape index (κ1) is 16.4. The number of carboxylic acid groups (broad SMARTS) is 1. The van der Waals surface area contributed by atoms with Crippen molar-refractivity contribution in [2.75, 3.05) is 5.32 Å². The number of aromatic carboxylic acids is 1. The van der Waals surface area contributed by atoms with E-state index < -0.39 is 5.97 Å². The van der Waals surface area contributed by atoms with E-state index in [2.05, 4.69) is 10.3 Å². The van der Waals surface area contributed by atoms with Gasteiger partial charge in [-0.15, -0.1) is 0 Å². The first-order chi connectivity index (χ1) is 12.0. The predicted octanol–water partition coefficient (Wildman–Crippen LogP) is 4.06. The molecule has 0 radical (unpaired) electrons. The molecule has 1 heterocycles. The number of hydrogen-bond donors (Lipinski definition) is 2. The number of carbonyl (C=O) groups excluding carboxylic acids is 1. The average molecular weight is 332 g/mol. The zero-order valence-electron chi connectivity index (χ0n) is 13.6. The van der Waals surface area contributed by atoms with Gasteiger partial charge >= 0.3 is 5.97 Å². The second-order valence-corrected chi connectivity index (χ2v) is 5.59. The monoisotopic (exact) mass is 332 g/mol. The van der Waals surface area contributed by atoms with Crippen molar-refractivity contribution in [2.45, 2.75) is 6.92 Å². The summed E-state index contributed by atoms with van der Waals surface area (Å²) in [6, 6.07) is 16.0. The molecule has 0 atom stereocenters. The number of amides is 1. The zero-order chi connectivity index (χ0) is 17.8. The standard InChI is InChI=1S/C20H16N2O3/c1-13(23)21-17-7-2-14(3-8-17)4-9-18-10-5-15-12-16(20(24)25)6-11-19(15)22-18/h2-12H,1H3,(H,21,23)(H,24,25). The van der Waals surface area contributed by atoms with Crippen LogP contribution in [-0.4, -0.2) is 22.0 Å². The van der Waals surface area contributed by atoms with Crippen LogP contribution in [0, 0.1) is 0 Å². The summed E-state index contributed by atoms with van der Waals surface area (Å²) in [5.74, 6) is -1.05. The molecule has 124 valence electrons. The molecule has 3 aromatic rings. The van der Waals surface area contributed by atoms with Crippen LogP contribution in [0.5, 0.6) is 0 Å². The second-order valence-electron chi connectivity index (χ2n) is 5.59. The summed E-state index contributed by atoms with van der Waals surface area (Å²) in [6.07, 6.45) is 3.81. The molecule has 0 spiro atoms. The quantitative estimate of drug-likeness (QED) is 0.755. The number of pyridine rings is 1. The predicted molar refractivity (Wildman–Crippen MR) is 98.4 cm³/mol. The van der Waals surface area contributed by atoms with Gasteiger partial charge in [0.05, 0.1) is 16.8 Å². The first-order valence-electron chi connectivity index (χ1n) is 7.71. The molecule has 1 aromatic heterocycles. The molecule has 0 bridgehead atoms. The highest BCUT2D eigenvalue weighted by atomic mass is 16.4. The molecule has 2 aromatic carbocycles. The van der Waals surface area contributed by atoms with Crippen molar-refractivity contribution in [1.82, 2.24) is 4.98 Å². The Balaban J connectivity index is 1.80. The number of rotatable bonds is 4. The number of carbonyl (C=O) groups is 2. The SMILES string of the molecule is CC(=O)Nc1ccc(C=Cc2ccc3cc(C(=O)O)ccc3n2)cc1. The summed E-state index contributed by atoms with van der Waals surface area (Å²) in [5.41, 5.74) is 3.51. The van der Waals surface area contributed by atoms with Crippen molar-refractivity contribution in [3.8, 4) is 0 Å². The van der Waals surface area contributed by atoms with E-state index in [9.17, 15) is 9.59 Å². The lowest BCUT2D eigenvalue weighted by molar-refractivity contribution is -0.114. The molecule has 0 fully saturated rings. The van der Waals surface area contributed by atoms with Crippen LogP contribution in [0.25, 0.3) is 23.1 Å².